The predicted molar refractivity (Wildman–Crippen MR) is 233 cm³/mol. The number of aromatic nitrogens is 1. The van der Waals surface area contributed by atoms with E-state index in [1.54, 1.807) is 0 Å². The summed E-state index contributed by atoms with van der Waals surface area (Å²) in [6.07, 6.45) is 0. The van der Waals surface area contributed by atoms with Gasteiger partial charge in [0.05, 0.1) is 22.4 Å². The van der Waals surface area contributed by atoms with Crippen molar-refractivity contribution in [3.8, 4) is 27.9 Å². The molecule has 258 valence electrons. The van der Waals surface area contributed by atoms with Gasteiger partial charge in [-0.3, -0.25) is 0 Å². The lowest BCUT2D eigenvalue weighted by Gasteiger charge is -2.29. The molecule has 0 bridgehead atoms. The average molecular weight is 711 g/mol. The standard InChI is InChI=1S/C51H38N2S/c1-33-16-15-19-37(30-33)52(38-31-34(2)49(35(3)32-38)36-17-5-4-6-18-36)47-29-28-42(51-50(47)43-23-10-14-27-48(43)54-51)41-22-9-13-26-46(41)53-44-24-11-7-20-39(44)40-21-8-12-25-45(40)53/h4-32H,1-3H3. The highest BCUT2D eigenvalue weighted by Crippen LogP contribution is 2.50. The molecule has 0 aliphatic rings. The number of hydrogen-bond acceptors (Lipinski definition) is 2. The Morgan fingerprint density at radius 1 is 0.481 bits per heavy atom. The van der Waals surface area contributed by atoms with Gasteiger partial charge in [-0.1, -0.05) is 121 Å². The molecule has 2 aromatic heterocycles. The van der Waals surface area contributed by atoms with E-state index in [-0.39, 0.29) is 0 Å². The number of fused-ring (bicyclic) bond motifs is 6. The van der Waals surface area contributed by atoms with Gasteiger partial charge < -0.3 is 9.47 Å². The first kappa shape index (κ1) is 32.2. The lowest BCUT2D eigenvalue weighted by molar-refractivity contribution is 1.18. The molecule has 0 saturated carbocycles. The highest BCUT2D eigenvalue weighted by atomic mass is 32.1. The van der Waals surface area contributed by atoms with Crippen molar-refractivity contribution < 1.29 is 0 Å². The Hall–Kier alpha value is -6.42. The highest BCUT2D eigenvalue weighted by molar-refractivity contribution is 7.26. The van der Waals surface area contributed by atoms with Crippen LogP contribution in [0.5, 0.6) is 0 Å². The van der Waals surface area contributed by atoms with Gasteiger partial charge in [-0.15, -0.1) is 11.3 Å². The van der Waals surface area contributed by atoms with Gasteiger partial charge in [0, 0.05) is 53.4 Å². The second-order valence-corrected chi connectivity index (χ2v) is 15.4. The van der Waals surface area contributed by atoms with Crippen molar-refractivity contribution in [3.05, 3.63) is 193 Å². The van der Waals surface area contributed by atoms with E-state index in [1.165, 1.54) is 92.3 Å². The van der Waals surface area contributed by atoms with Gasteiger partial charge in [0.1, 0.15) is 0 Å². The first-order chi connectivity index (χ1) is 26.5. The summed E-state index contributed by atoms with van der Waals surface area (Å²) in [6.45, 7) is 6.68. The number of nitrogens with zero attached hydrogens (tertiary/aromatic N) is 2. The summed E-state index contributed by atoms with van der Waals surface area (Å²) in [7, 11) is 0. The van der Waals surface area contributed by atoms with E-state index in [9.17, 15) is 0 Å². The van der Waals surface area contributed by atoms with Crippen LogP contribution in [0.3, 0.4) is 0 Å². The lowest BCUT2D eigenvalue weighted by Crippen LogP contribution is -2.11. The minimum atomic E-state index is 1.15. The van der Waals surface area contributed by atoms with E-state index in [0.29, 0.717) is 0 Å². The van der Waals surface area contributed by atoms with Crippen molar-refractivity contribution in [2.45, 2.75) is 20.8 Å². The topological polar surface area (TPSA) is 8.17 Å². The Morgan fingerprint density at radius 3 is 1.83 bits per heavy atom. The van der Waals surface area contributed by atoms with E-state index in [1.807, 2.05) is 11.3 Å². The summed E-state index contributed by atoms with van der Waals surface area (Å²) in [6, 6.07) is 64.5. The Balaban J connectivity index is 1.25. The summed E-state index contributed by atoms with van der Waals surface area (Å²) in [4.78, 5) is 2.48. The Kier molecular flexibility index (Phi) is 7.71. The fourth-order valence-corrected chi connectivity index (χ4v) is 9.86. The summed E-state index contributed by atoms with van der Waals surface area (Å²) in [5.41, 5.74) is 15.8. The molecule has 0 N–H and O–H groups in total. The van der Waals surface area contributed by atoms with Crippen LogP contribution in [0.25, 0.3) is 69.9 Å². The third kappa shape index (κ3) is 5.15. The number of thiophene rings is 1. The van der Waals surface area contributed by atoms with Crippen LogP contribution in [0, 0.1) is 20.8 Å². The normalized spacial score (nSPS) is 11.6. The van der Waals surface area contributed by atoms with Crippen LogP contribution >= 0.6 is 11.3 Å². The number of anilines is 3. The molecular weight excluding hydrogens is 673 g/mol. The zero-order valence-corrected chi connectivity index (χ0v) is 31.4. The number of rotatable bonds is 6. The van der Waals surface area contributed by atoms with Crippen molar-refractivity contribution in [1.82, 2.24) is 4.57 Å². The van der Waals surface area contributed by atoms with Crippen LogP contribution in [0.4, 0.5) is 17.1 Å². The van der Waals surface area contributed by atoms with Crippen LogP contribution in [-0.4, -0.2) is 4.57 Å². The van der Waals surface area contributed by atoms with Crippen LogP contribution in [0.2, 0.25) is 0 Å². The minimum absolute atomic E-state index is 1.15. The summed E-state index contributed by atoms with van der Waals surface area (Å²) >= 11 is 1.89. The van der Waals surface area contributed by atoms with Crippen LogP contribution < -0.4 is 4.90 Å². The molecule has 0 amide bonds. The van der Waals surface area contributed by atoms with Gasteiger partial charge in [-0.25, -0.2) is 0 Å². The lowest BCUT2D eigenvalue weighted by atomic mass is 9.94. The third-order valence-electron chi connectivity index (χ3n) is 10.9. The Bertz CT molecular complexity index is 2960. The third-order valence-corrected chi connectivity index (χ3v) is 12.1. The fourth-order valence-electron chi connectivity index (χ4n) is 8.61. The molecule has 0 atom stereocenters. The predicted octanol–water partition coefficient (Wildman–Crippen LogP) is 14.9. The smallest absolute Gasteiger partial charge is 0.0555 e. The molecule has 0 spiro atoms. The molecule has 3 heteroatoms. The van der Waals surface area contributed by atoms with Crippen molar-refractivity contribution in [1.29, 1.82) is 0 Å². The number of hydrogen-bond donors (Lipinski definition) is 0. The monoisotopic (exact) mass is 710 g/mol. The molecule has 10 rings (SSSR count). The second-order valence-electron chi connectivity index (χ2n) is 14.3. The maximum absolute atomic E-state index is 2.48. The molecule has 8 aromatic carbocycles. The van der Waals surface area contributed by atoms with E-state index >= 15 is 0 Å². The number of aryl methyl sites for hydroxylation is 3. The zero-order chi connectivity index (χ0) is 36.3. The van der Waals surface area contributed by atoms with Crippen LogP contribution in [0.15, 0.2) is 176 Å². The summed E-state index contributed by atoms with van der Waals surface area (Å²) in [5, 5.41) is 5.08. The van der Waals surface area contributed by atoms with E-state index in [4.69, 9.17) is 0 Å². The van der Waals surface area contributed by atoms with Gasteiger partial charge in [-0.05, 0) is 103 Å². The largest absolute Gasteiger partial charge is 0.310 e. The summed E-state index contributed by atoms with van der Waals surface area (Å²) in [5.74, 6) is 0. The van der Waals surface area contributed by atoms with Gasteiger partial charge in [0.25, 0.3) is 0 Å². The van der Waals surface area contributed by atoms with Crippen molar-refractivity contribution in [2.75, 3.05) is 4.90 Å². The van der Waals surface area contributed by atoms with Crippen molar-refractivity contribution in [2.24, 2.45) is 0 Å². The highest BCUT2D eigenvalue weighted by Gasteiger charge is 2.24. The first-order valence-corrected chi connectivity index (χ1v) is 19.4. The molecule has 2 heterocycles. The molecule has 0 saturated heterocycles. The number of benzene rings is 8. The molecule has 54 heavy (non-hydrogen) atoms. The molecule has 0 unspecified atom stereocenters. The van der Waals surface area contributed by atoms with E-state index in [0.717, 1.165) is 11.4 Å². The Labute approximate surface area is 319 Å². The fraction of sp³-hybridized carbons (Fsp3) is 0.0588. The van der Waals surface area contributed by atoms with E-state index in [2.05, 4.69) is 206 Å². The quantitative estimate of drug-likeness (QED) is 0.167. The molecule has 10 aromatic rings. The molecule has 2 nitrogen and oxygen atoms in total. The minimum Gasteiger partial charge on any atom is -0.310 e. The SMILES string of the molecule is Cc1cccc(N(c2cc(C)c(-c3ccccc3)c(C)c2)c2ccc(-c3ccccc3-n3c4ccccc4c4ccccc43)c3sc4ccccc4c23)c1. The van der Waals surface area contributed by atoms with Gasteiger partial charge in [0.15, 0.2) is 0 Å². The maximum atomic E-state index is 2.48. The van der Waals surface area contributed by atoms with Crippen LogP contribution in [-0.2, 0) is 0 Å². The molecule has 0 fully saturated rings. The first-order valence-electron chi connectivity index (χ1n) is 18.6. The molecule has 0 aliphatic heterocycles. The molecule has 0 aliphatic carbocycles. The zero-order valence-electron chi connectivity index (χ0n) is 30.5. The molecule has 0 radical (unpaired) electrons. The van der Waals surface area contributed by atoms with E-state index < -0.39 is 0 Å². The van der Waals surface area contributed by atoms with Crippen LogP contribution in [0.1, 0.15) is 16.7 Å². The Morgan fingerprint density at radius 2 is 1.11 bits per heavy atom. The van der Waals surface area contributed by atoms with Gasteiger partial charge in [-0.2, -0.15) is 0 Å². The number of para-hydroxylation sites is 3. The second kappa shape index (κ2) is 12.9. The van der Waals surface area contributed by atoms with Gasteiger partial charge in [0.2, 0.25) is 0 Å². The van der Waals surface area contributed by atoms with Gasteiger partial charge >= 0.3 is 0 Å². The maximum Gasteiger partial charge on any atom is 0.0555 e. The van der Waals surface area contributed by atoms with Crippen molar-refractivity contribution >= 4 is 70.4 Å². The average Bonchev–Trinajstić information content (AvgIpc) is 3.75. The molecular formula is C51H38N2S. The summed E-state index contributed by atoms with van der Waals surface area (Å²) < 4.78 is 5.02. The van der Waals surface area contributed by atoms with Crippen molar-refractivity contribution in [3.63, 3.8) is 0 Å².